The van der Waals surface area contributed by atoms with Gasteiger partial charge in [0.1, 0.15) is 11.2 Å². The van der Waals surface area contributed by atoms with Crippen LogP contribution in [-0.2, 0) is 17.7 Å². The van der Waals surface area contributed by atoms with Gasteiger partial charge in [-0.1, -0.05) is 6.07 Å². The smallest absolute Gasteiger partial charge is 0.410 e. The zero-order valence-electron chi connectivity index (χ0n) is 24.5. The number of benzene rings is 1. The molecule has 0 spiro atoms. The Morgan fingerprint density at radius 3 is 2.61 bits per heavy atom. The van der Waals surface area contributed by atoms with E-state index in [1.165, 1.54) is 5.56 Å². The van der Waals surface area contributed by atoms with Crippen LogP contribution in [0.5, 0.6) is 0 Å². The standard InChI is InChI=1S/C33H37N5O3/c1-20-16-35-30-26(20)15-25(18-36-30)24-13-22-10-12-37(31(39)23-9-8-21(2)34-17-23)19-28(22)27(14-24)29-7-6-11-38(29)32(40)41-33(3,4)5/h8-9,13-18,29H,6-7,10-12,19H2,1-5H3,(H,35,36)/t29-/m0/s1. The van der Waals surface area contributed by atoms with Gasteiger partial charge >= 0.3 is 6.09 Å². The molecule has 41 heavy (non-hydrogen) atoms. The van der Waals surface area contributed by atoms with Crippen molar-refractivity contribution in [1.82, 2.24) is 24.8 Å². The summed E-state index contributed by atoms with van der Waals surface area (Å²) in [6.07, 6.45) is 7.73. The third-order valence-electron chi connectivity index (χ3n) is 8.13. The Balaban J connectivity index is 1.42. The number of hydrogen-bond donors (Lipinski definition) is 1. The lowest BCUT2D eigenvalue weighted by atomic mass is 9.86. The van der Waals surface area contributed by atoms with Gasteiger partial charge in [0.05, 0.1) is 11.6 Å². The summed E-state index contributed by atoms with van der Waals surface area (Å²) in [4.78, 5) is 42.8. The van der Waals surface area contributed by atoms with Crippen molar-refractivity contribution in [1.29, 1.82) is 0 Å². The molecule has 1 aromatic carbocycles. The maximum absolute atomic E-state index is 13.5. The van der Waals surface area contributed by atoms with Crippen LogP contribution in [0.4, 0.5) is 4.79 Å². The van der Waals surface area contributed by atoms with Crippen molar-refractivity contribution in [3.63, 3.8) is 0 Å². The van der Waals surface area contributed by atoms with Crippen molar-refractivity contribution in [2.45, 2.75) is 72.1 Å². The van der Waals surface area contributed by atoms with Gasteiger partial charge in [-0.15, -0.1) is 0 Å². The third kappa shape index (κ3) is 5.31. The Bertz CT molecular complexity index is 1630. The number of amides is 2. The van der Waals surface area contributed by atoms with Crippen LogP contribution in [0.3, 0.4) is 0 Å². The summed E-state index contributed by atoms with van der Waals surface area (Å²) in [7, 11) is 0. The largest absolute Gasteiger partial charge is 0.444 e. The Morgan fingerprint density at radius 2 is 1.85 bits per heavy atom. The summed E-state index contributed by atoms with van der Waals surface area (Å²) in [5.41, 5.74) is 8.46. The van der Waals surface area contributed by atoms with Gasteiger partial charge in [0.15, 0.2) is 0 Å². The molecular formula is C33H37N5O3. The molecule has 1 fully saturated rings. The first kappa shape index (κ1) is 27.0. The van der Waals surface area contributed by atoms with Crippen molar-refractivity contribution < 1.29 is 14.3 Å². The molecule has 3 aromatic heterocycles. The van der Waals surface area contributed by atoms with Crippen LogP contribution in [-0.4, -0.2) is 55.4 Å². The molecular weight excluding hydrogens is 514 g/mol. The highest BCUT2D eigenvalue weighted by Crippen LogP contribution is 2.40. The summed E-state index contributed by atoms with van der Waals surface area (Å²) in [6.45, 7) is 11.4. The molecule has 1 N–H and O–H groups in total. The second-order valence-corrected chi connectivity index (χ2v) is 12.3. The lowest BCUT2D eigenvalue weighted by molar-refractivity contribution is 0.0222. The topological polar surface area (TPSA) is 91.4 Å². The van der Waals surface area contributed by atoms with Gasteiger partial charge in [-0.2, -0.15) is 0 Å². The van der Waals surface area contributed by atoms with E-state index in [2.05, 4.69) is 40.1 Å². The molecule has 0 aliphatic carbocycles. The Hall–Kier alpha value is -4.20. The van der Waals surface area contributed by atoms with Crippen LogP contribution in [0.15, 0.2) is 48.9 Å². The van der Waals surface area contributed by atoms with Crippen molar-refractivity contribution in [3.05, 3.63) is 82.4 Å². The van der Waals surface area contributed by atoms with Gasteiger partial charge in [0.2, 0.25) is 0 Å². The highest BCUT2D eigenvalue weighted by Gasteiger charge is 2.36. The second-order valence-electron chi connectivity index (χ2n) is 12.3. The van der Waals surface area contributed by atoms with Crippen LogP contribution < -0.4 is 0 Å². The molecule has 2 aliphatic heterocycles. The molecule has 5 heterocycles. The van der Waals surface area contributed by atoms with E-state index in [1.54, 1.807) is 6.20 Å². The number of aromatic amines is 1. The van der Waals surface area contributed by atoms with E-state index in [0.717, 1.165) is 63.8 Å². The number of ether oxygens (including phenoxy) is 1. The molecule has 6 rings (SSSR count). The van der Waals surface area contributed by atoms with Crippen LogP contribution in [0.1, 0.15) is 78.0 Å². The second kappa shape index (κ2) is 10.3. The minimum absolute atomic E-state index is 0.0221. The molecule has 2 amide bonds. The van der Waals surface area contributed by atoms with Crippen molar-refractivity contribution in [2.24, 2.45) is 0 Å². The van der Waals surface area contributed by atoms with E-state index in [9.17, 15) is 9.59 Å². The molecule has 212 valence electrons. The fraction of sp³-hybridized carbons (Fsp3) is 0.394. The maximum atomic E-state index is 13.5. The van der Waals surface area contributed by atoms with Gasteiger partial charge in [-0.3, -0.25) is 9.78 Å². The average molecular weight is 552 g/mol. The number of nitrogens with one attached hydrogen (secondary N) is 1. The molecule has 8 nitrogen and oxygen atoms in total. The van der Waals surface area contributed by atoms with E-state index in [4.69, 9.17) is 4.74 Å². The van der Waals surface area contributed by atoms with Gasteiger partial charge in [-0.25, -0.2) is 9.78 Å². The van der Waals surface area contributed by atoms with Gasteiger partial charge < -0.3 is 19.5 Å². The molecule has 1 saturated heterocycles. The first-order valence-electron chi connectivity index (χ1n) is 14.4. The highest BCUT2D eigenvalue weighted by molar-refractivity contribution is 5.94. The Morgan fingerprint density at radius 1 is 1.02 bits per heavy atom. The lowest BCUT2D eigenvalue weighted by Gasteiger charge is -2.35. The van der Waals surface area contributed by atoms with Gasteiger partial charge in [-0.05, 0) is 106 Å². The quantitative estimate of drug-likeness (QED) is 0.313. The first-order chi connectivity index (χ1) is 19.6. The minimum Gasteiger partial charge on any atom is -0.444 e. The SMILES string of the molecule is Cc1ccc(C(=O)N2CCc3cc(-c4cnc5[nH]cc(C)c5c4)cc([C@@H]4CCCN4C(=O)OC(C)(C)C)c3C2)cn1. The Kier molecular flexibility index (Phi) is 6.80. The van der Waals surface area contributed by atoms with E-state index in [1.807, 2.05) is 62.0 Å². The van der Waals surface area contributed by atoms with Crippen molar-refractivity contribution in [3.8, 4) is 11.1 Å². The number of carbonyl (C=O) groups is 2. The predicted octanol–water partition coefficient (Wildman–Crippen LogP) is 6.51. The summed E-state index contributed by atoms with van der Waals surface area (Å²) in [6, 6.07) is 10.2. The minimum atomic E-state index is -0.577. The normalized spacial score (nSPS) is 17.1. The Labute approximate surface area is 240 Å². The summed E-state index contributed by atoms with van der Waals surface area (Å²) in [5, 5.41) is 1.10. The van der Waals surface area contributed by atoms with Crippen LogP contribution in [0.25, 0.3) is 22.2 Å². The van der Waals surface area contributed by atoms with Crippen molar-refractivity contribution >= 4 is 23.0 Å². The molecule has 0 unspecified atom stereocenters. The number of aryl methyl sites for hydroxylation is 2. The summed E-state index contributed by atoms with van der Waals surface area (Å²) >= 11 is 0. The molecule has 8 heteroatoms. The highest BCUT2D eigenvalue weighted by atomic mass is 16.6. The molecule has 0 radical (unpaired) electrons. The average Bonchev–Trinajstić information content (AvgIpc) is 3.58. The van der Waals surface area contributed by atoms with E-state index in [0.29, 0.717) is 25.2 Å². The van der Waals surface area contributed by atoms with E-state index < -0.39 is 5.60 Å². The number of fused-ring (bicyclic) bond motifs is 2. The fourth-order valence-electron chi connectivity index (χ4n) is 6.03. The predicted molar refractivity (Wildman–Crippen MR) is 159 cm³/mol. The number of rotatable bonds is 3. The number of pyridine rings is 2. The summed E-state index contributed by atoms with van der Waals surface area (Å²) in [5.74, 6) is -0.0221. The zero-order valence-corrected chi connectivity index (χ0v) is 24.5. The summed E-state index contributed by atoms with van der Waals surface area (Å²) < 4.78 is 5.81. The van der Waals surface area contributed by atoms with Crippen LogP contribution in [0, 0.1) is 13.8 Å². The number of hydrogen-bond acceptors (Lipinski definition) is 5. The third-order valence-corrected chi connectivity index (χ3v) is 8.13. The number of aromatic nitrogens is 3. The molecule has 2 aliphatic rings. The van der Waals surface area contributed by atoms with E-state index >= 15 is 0 Å². The monoisotopic (exact) mass is 551 g/mol. The number of H-pyrrole nitrogens is 1. The van der Waals surface area contributed by atoms with Crippen LogP contribution >= 0.6 is 0 Å². The maximum Gasteiger partial charge on any atom is 0.410 e. The van der Waals surface area contributed by atoms with Gasteiger partial charge in [0, 0.05) is 54.9 Å². The molecule has 0 saturated carbocycles. The molecule has 1 atom stereocenters. The van der Waals surface area contributed by atoms with Gasteiger partial charge in [0.25, 0.3) is 5.91 Å². The molecule has 0 bridgehead atoms. The lowest BCUT2D eigenvalue weighted by Crippen LogP contribution is -2.39. The molecule has 4 aromatic rings. The van der Waals surface area contributed by atoms with E-state index in [-0.39, 0.29) is 18.0 Å². The van der Waals surface area contributed by atoms with Crippen molar-refractivity contribution in [2.75, 3.05) is 13.1 Å². The van der Waals surface area contributed by atoms with Crippen LogP contribution in [0.2, 0.25) is 0 Å². The number of carbonyl (C=O) groups excluding carboxylic acids is 2. The zero-order chi connectivity index (χ0) is 28.9. The first-order valence-corrected chi connectivity index (χ1v) is 14.4. The number of nitrogens with zero attached hydrogens (tertiary/aromatic N) is 4. The number of likely N-dealkylation sites (tertiary alicyclic amines) is 1. The fourth-order valence-corrected chi connectivity index (χ4v) is 6.03.